The zero-order valence-electron chi connectivity index (χ0n) is 16.0. The summed E-state index contributed by atoms with van der Waals surface area (Å²) in [7, 11) is 0. The zero-order chi connectivity index (χ0) is 18.9. The average molecular weight is 368 g/mol. The summed E-state index contributed by atoms with van der Waals surface area (Å²) < 4.78 is 0. The lowest BCUT2D eigenvalue weighted by Crippen LogP contribution is -2.55. The summed E-state index contributed by atoms with van der Waals surface area (Å²) in [6, 6.07) is 5.65. The van der Waals surface area contributed by atoms with Crippen LogP contribution in [0.15, 0.2) is 24.5 Å². The molecule has 2 fully saturated rings. The van der Waals surface area contributed by atoms with Crippen LogP contribution in [-0.4, -0.2) is 57.8 Å². The SMILES string of the molecule is CCCCN1CC2(CCCN(C(=O)c3ccc4nc[nH]c4c3)C2)CCC1=O. The maximum Gasteiger partial charge on any atom is 0.253 e. The minimum Gasteiger partial charge on any atom is -0.345 e. The molecule has 1 aromatic carbocycles. The number of benzene rings is 1. The van der Waals surface area contributed by atoms with E-state index >= 15 is 0 Å². The molecule has 0 saturated carbocycles. The van der Waals surface area contributed by atoms with Crippen molar-refractivity contribution >= 4 is 22.8 Å². The fourth-order valence-electron chi connectivity index (χ4n) is 4.62. The molecule has 0 aliphatic carbocycles. The van der Waals surface area contributed by atoms with Crippen molar-refractivity contribution in [1.29, 1.82) is 0 Å². The smallest absolute Gasteiger partial charge is 0.253 e. The van der Waals surface area contributed by atoms with Gasteiger partial charge < -0.3 is 14.8 Å². The van der Waals surface area contributed by atoms with E-state index in [2.05, 4.69) is 16.9 Å². The Bertz CT molecular complexity index is 846. The van der Waals surface area contributed by atoms with E-state index in [0.717, 1.165) is 69.3 Å². The number of H-pyrrole nitrogens is 1. The van der Waals surface area contributed by atoms with Gasteiger partial charge in [-0.3, -0.25) is 9.59 Å². The molecule has 1 spiro atoms. The van der Waals surface area contributed by atoms with Crippen LogP contribution >= 0.6 is 0 Å². The highest BCUT2D eigenvalue weighted by atomic mass is 16.2. The zero-order valence-corrected chi connectivity index (χ0v) is 16.0. The highest BCUT2D eigenvalue weighted by Gasteiger charge is 2.42. The van der Waals surface area contributed by atoms with Crippen molar-refractivity contribution < 1.29 is 9.59 Å². The van der Waals surface area contributed by atoms with E-state index in [-0.39, 0.29) is 17.2 Å². The molecule has 27 heavy (non-hydrogen) atoms. The number of hydrogen-bond donors (Lipinski definition) is 1. The second-order valence-corrected chi connectivity index (χ2v) is 8.13. The number of aromatic nitrogens is 2. The fraction of sp³-hybridized carbons (Fsp3) is 0.571. The number of nitrogens with zero attached hydrogens (tertiary/aromatic N) is 3. The van der Waals surface area contributed by atoms with Crippen molar-refractivity contribution in [1.82, 2.24) is 19.8 Å². The number of imidazole rings is 1. The normalized spacial score (nSPS) is 23.4. The van der Waals surface area contributed by atoms with Gasteiger partial charge in [-0.15, -0.1) is 0 Å². The molecule has 1 atom stereocenters. The number of piperidine rings is 2. The number of carbonyl (C=O) groups excluding carboxylic acids is 2. The van der Waals surface area contributed by atoms with Gasteiger partial charge in [0.1, 0.15) is 0 Å². The predicted octanol–water partition coefficient (Wildman–Crippen LogP) is 3.21. The molecule has 0 radical (unpaired) electrons. The molecule has 6 heteroatoms. The topological polar surface area (TPSA) is 69.3 Å². The summed E-state index contributed by atoms with van der Waals surface area (Å²) in [6.07, 6.45) is 7.43. The van der Waals surface area contributed by atoms with Crippen molar-refractivity contribution in [2.75, 3.05) is 26.2 Å². The maximum absolute atomic E-state index is 13.1. The first kappa shape index (κ1) is 18.0. The Hall–Kier alpha value is -2.37. The number of carbonyl (C=O) groups is 2. The lowest BCUT2D eigenvalue weighted by atomic mass is 9.73. The van der Waals surface area contributed by atoms with Gasteiger partial charge in [0.2, 0.25) is 5.91 Å². The third kappa shape index (κ3) is 3.57. The molecule has 3 heterocycles. The minimum atomic E-state index is 0.0631. The second-order valence-electron chi connectivity index (χ2n) is 8.13. The molecule has 2 aliphatic heterocycles. The number of nitrogens with one attached hydrogen (secondary N) is 1. The van der Waals surface area contributed by atoms with Crippen LogP contribution in [0.25, 0.3) is 11.0 Å². The van der Waals surface area contributed by atoms with E-state index in [9.17, 15) is 9.59 Å². The van der Waals surface area contributed by atoms with Crippen molar-refractivity contribution in [2.45, 2.75) is 45.4 Å². The quantitative estimate of drug-likeness (QED) is 0.901. The van der Waals surface area contributed by atoms with Crippen LogP contribution in [0, 0.1) is 5.41 Å². The van der Waals surface area contributed by atoms with Crippen molar-refractivity contribution in [3.05, 3.63) is 30.1 Å². The van der Waals surface area contributed by atoms with Gasteiger partial charge in [-0.25, -0.2) is 4.98 Å². The molecule has 6 nitrogen and oxygen atoms in total. The summed E-state index contributed by atoms with van der Waals surface area (Å²) in [6.45, 7) is 5.35. The lowest BCUT2D eigenvalue weighted by Gasteiger charge is -2.48. The van der Waals surface area contributed by atoms with Gasteiger partial charge in [-0.2, -0.15) is 0 Å². The Morgan fingerprint density at radius 2 is 2.19 bits per heavy atom. The third-order valence-electron chi connectivity index (χ3n) is 6.15. The summed E-state index contributed by atoms with van der Waals surface area (Å²) in [5.41, 5.74) is 2.53. The van der Waals surface area contributed by atoms with Gasteiger partial charge in [0.25, 0.3) is 5.91 Å². The van der Waals surface area contributed by atoms with E-state index < -0.39 is 0 Å². The van der Waals surface area contributed by atoms with Gasteiger partial charge in [-0.1, -0.05) is 13.3 Å². The molecule has 2 aromatic rings. The van der Waals surface area contributed by atoms with Gasteiger partial charge >= 0.3 is 0 Å². The Morgan fingerprint density at radius 1 is 1.30 bits per heavy atom. The highest BCUT2D eigenvalue weighted by molar-refractivity contribution is 5.97. The first-order valence-electron chi connectivity index (χ1n) is 10.1. The molecule has 144 valence electrons. The molecule has 1 unspecified atom stereocenters. The van der Waals surface area contributed by atoms with Gasteiger partial charge in [-0.05, 0) is 43.9 Å². The highest BCUT2D eigenvalue weighted by Crippen LogP contribution is 2.39. The third-order valence-corrected chi connectivity index (χ3v) is 6.15. The molecule has 2 amide bonds. The second kappa shape index (κ2) is 7.33. The first-order chi connectivity index (χ1) is 13.1. The van der Waals surface area contributed by atoms with Gasteiger partial charge in [0, 0.05) is 43.6 Å². The minimum absolute atomic E-state index is 0.0631. The van der Waals surface area contributed by atoms with E-state index in [0.29, 0.717) is 12.0 Å². The van der Waals surface area contributed by atoms with E-state index in [1.807, 2.05) is 28.0 Å². The monoisotopic (exact) mass is 368 g/mol. The van der Waals surface area contributed by atoms with Crippen LogP contribution in [0.2, 0.25) is 0 Å². The van der Waals surface area contributed by atoms with Crippen LogP contribution < -0.4 is 0 Å². The van der Waals surface area contributed by atoms with Gasteiger partial charge in [0.05, 0.1) is 17.4 Å². The Balaban J connectivity index is 1.49. The summed E-state index contributed by atoms with van der Waals surface area (Å²) in [5, 5.41) is 0. The number of likely N-dealkylation sites (tertiary alicyclic amines) is 2. The van der Waals surface area contributed by atoms with E-state index in [4.69, 9.17) is 0 Å². The summed E-state index contributed by atoms with van der Waals surface area (Å²) in [4.78, 5) is 36.8. The number of aromatic amines is 1. The molecule has 0 bridgehead atoms. The first-order valence-corrected chi connectivity index (χ1v) is 10.1. The number of unbranched alkanes of at least 4 members (excludes halogenated alkanes) is 1. The molecular weight excluding hydrogens is 340 g/mol. The Kier molecular flexibility index (Phi) is 4.89. The molecule has 2 saturated heterocycles. The summed E-state index contributed by atoms with van der Waals surface area (Å²) in [5.74, 6) is 0.366. The molecule has 1 aromatic heterocycles. The van der Waals surface area contributed by atoms with Crippen molar-refractivity contribution in [2.24, 2.45) is 5.41 Å². The number of amides is 2. The van der Waals surface area contributed by atoms with Crippen molar-refractivity contribution in [3.63, 3.8) is 0 Å². The lowest BCUT2D eigenvalue weighted by molar-refractivity contribution is -0.139. The summed E-state index contributed by atoms with van der Waals surface area (Å²) >= 11 is 0. The molecule has 1 N–H and O–H groups in total. The molecule has 2 aliphatic rings. The van der Waals surface area contributed by atoms with Crippen LogP contribution in [0.4, 0.5) is 0 Å². The number of rotatable bonds is 4. The predicted molar refractivity (Wildman–Crippen MR) is 104 cm³/mol. The fourth-order valence-corrected chi connectivity index (χ4v) is 4.62. The van der Waals surface area contributed by atoms with Crippen LogP contribution in [0.1, 0.15) is 55.8 Å². The van der Waals surface area contributed by atoms with E-state index in [1.54, 1.807) is 6.33 Å². The number of hydrogen-bond acceptors (Lipinski definition) is 3. The Labute approximate surface area is 159 Å². The Morgan fingerprint density at radius 3 is 3.04 bits per heavy atom. The largest absolute Gasteiger partial charge is 0.345 e. The average Bonchev–Trinajstić information content (AvgIpc) is 3.16. The maximum atomic E-state index is 13.1. The molecular formula is C21H28N4O2. The van der Waals surface area contributed by atoms with Crippen LogP contribution in [-0.2, 0) is 4.79 Å². The molecule has 4 rings (SSSR count). The van der Waals surface area contributed by atoms with Crippen LogP contribution in [0.5, 0.6) is 0 Å². The van der Waals surface area contributed by atoms with Crippen LogP contribution in [0.3, 0.4) is 0 Å². The number of fused-ring (bicyclic) bond motifs is 1. The van der Waals surface area contributed by atoms with E-state index in [1.165, 1.54) is 0 Å². The standard InChI is InChI=1S/C21H28N4O2/c1-2-3-10-24-13-21(9-7-19(24)26)8-4-11-25(14-21)20(27)16-5-6-17-18(12-16)23-15-22-17/h5-6,12,15H,2-4,7-11,13-14H2,1H3,(H,22,23). The van der Waals surface area contributed by atoms with Gasteiger partial charge in [0.15, 0.2) is 0 Å². The van der Waals surface area contributed by atoms with Crippen molar-refractivity contribution in [3.8, 4) is 0 Å².